The lowest BCUT2D eigenvalue weighted by atomic mass is 10.0. The summed E-state index contributed by atoms with van der Waals surface area (Å²) in [5.74, 6) is 0.414. The number of ether oxygens (including phenoxy) is 1. The highest BCUT2D eigenvalue weighted by molar-refractivity contribution is 6.02. The second-order valence-corrected chi connectivity index (χ2v) is 4.98. The van der Waals surface area contributed by atoms with Gasteiger partial charge >= 0.3 is 0 Å². The molecule has 98 valence electrons. The van der Waals surface area contributed by atoms with Gasteiger partial charge in [0.2, 0.25) is 5.91 Å². The van der Waals surface area contributed by atoms with Gasteiger partial charge in [-0.1, -0.05) is 24.6 Å². The Morgan fingerprint density at radius 2 is 2.28 bits per heavy atom. The number of carbonyl (C=O) groups is 1. The summed E-state index contributed by atoms with van der Waals surface area (Å²) in [6.07, 6.45) is 0. The van der Waals surface area contributed by atoms with Crippen molar-refractivity contribution in [3.8, 4) is 0 Å². The lowest BCUT2D eigenvalue weighted by molar-refractivity contribution is -0.117. The first-order chi connectivity index (χ1) is 8.61. The molecule has 0 aliphatic carbocycles. The van der Waals surface area contributed by atoms with Crippen molar-refractivity contribution in [2.24, 2.45) is 5.92 Å². The molecule has 2 atom stereocenters. The van der Waals surface area contributed by atoms with Crippen LogP contribution in [0.3, 0.4) is 0 Å². The lowest BCUT2D eigenvalue weighted by Crippen LogP contribution is -2.32. The van der Waals surface area contributed by atoms with E-state index in [9.17, 15) is 4.79 Å². The summed E-state index contributed by atoms with van der Waals surface area (Å²) in [4.78, 5) is 11.9. The van der Waals surface area contributed by atoms with Gasteiger partial charge in [0.05, 0.1) is 0 Å². The van der Waals surface area contributed by atoms with Gasteiger partial charge in [0, 0.05) is 31.5 Å². The molecule has 0 spiro atoms. The molecule has 4 nitrogen and oxygen atoms in total. The normalized spacial score (nSPS) is 19.5. The molecule has 0 fully saturated rings. The molecule has 1 aromatic rings. The summed E-state index contributed by atoms with van der Waals surface area (Å²) in [6.45, 7) is 5.59. The summed E-state index contributed by atoms with van der Waals surface area (Å²) in [6, 6.07) is 5.79. The number of fused-ring (bicyclic) bond motifs is 1. The Labute approximate surface area is 108 Å². The molecule has 1 aliphatic rings. The molecule has 1 amide bonds. The van der Waals surface area contributed by atoms with Crippen molar-refractivity contribution >= 4 is 11.6 Å². The number of aryl methyl sites for hydroxylation is 1. The van der Waals surface area contributed by atoms with Gasteiger partial charge in [-0.05, 0) is 18.9 Å². The van der Waals surface area contributed by atoms with E-state index < -0.39 is 0 Å². The maximum atomic E-state index is 11.9. The van der Waals surface area contributed by atoms with E-state index in [1.807, 2.05) is 19.1 Å². The van der Waals surface area contributed by atoms with E-state index >= 15 is 0 Å². The smallest absolute Gasteiger partial charge is 0.246 e. The minimum Gasteiger partial charge on any atom is -0.384 e. The number of amides is 1. The zero-order valence-corrected chi connectivity index (χ0v) is 11.1. The van der Waals surface area contributed by atoms with E-state index in [0.29, 0.717) is 12.5 Å². The van der Waals surface area contributed by atoms with Crippen molar-refractivity contribution in [1.82, 2.24) is 5.32 Å². The van der Waals surface area contributed by atoms with Crippen LogP contribution in [0.1, 0.15) is 24.1 Å². The lowest BCUT2D eigenvalue weighted by Gasteiger charge is -2.15. The second-order valence-electron chi connectivity index (χ2n) is 4.98. The molecule has 0 radical (unpaired) electrons. The third-order valence-corrected chi connectivity index (χ3v) is 3.16. The zero-order chi connectivity index (χ0) is 13.1. The summed E-state index contributed by atoms with van der Waals surface area (Å²) >= 11 is 0. The Balaban J connectivity index is 2.06. The van der Waals surface area contributed by atoms with E-state index in [0.717, 1.165) is 17.8 Å². The van der Waals surface area contributed by atoms with Crippen LogP contribution >= 0.6 is 0 Å². The fourth-order valence-corrected chi connectivity index (χ4v) is 2.25. The number of methoxy groups -OCH3 is 1. The number of hydrogen-bond acceptors (Lipinski definition) is 3. The van der Waals surface area contributed by atoms with Crippen molar-refractivity contribution in [1.29, 1.82) is 0 Å². The molecule has 0 aromatic heterocycles. The average Bonchev–Trinajstić information content (AvgIpc) is 2.62. The van der Waals surface area contributed by atoms with Crippen LogP contribution in [0.15, 0.2) is 18.2 Å². The first-order valence-corrected chi connectivity index (χ1v) is 6.25. The molecular weight excluding hydrogens is 228 g/mol. The Bertz CT molecular complexity index is 445. The second kappa shape index (κ2) is 5.50. The third kappa shape index (κ3) is 2.71. The molecule has 2 unspecified atom stereocenters. The molecule has 1 heterocycles. The number of hydrogen-bond donors (Lipinski definition) is 2. The molecule has 2 rings (SSSR count). The highest BCUT2D eigenvalue weighted by Crippen LogP contribution is 2.31. The van der Waals surface area contributed by atoms with Crippen molar-refractivity contribution in [2.75, 3.05) is 25.6 Å². The molecule has 2 N–H and O–H groups in total. The van der Waals surface area contributed by atoms with Gasteiger partial charge < -0.3 is 15.4 Å². The van der Waals surface area contributed by atoms with E-state index in [1.54, 1.807) is 7.11 Å². The van der Waals surface area contributed by atoms with Crippen molar-refractivity contribution in [2.45, 2.75) is 19.9 Å². The van der Waals surface area contributed by atoms with Crippen molar-refractivity contribution in [3.05, 3.63) is 29.3 Å². The van der Waals surface area contributed by atoms with E-state index in [-0.39, 0.29) is 11.9 Å². The molecule has 1 aliphatic heterocycles. The molecule has 0 saturated heterocycles. The monoisotopic (exact) mass is 248 g/mol. The van der Waals surface area contributed by atoms with E-state index in [4.69, 9.17) is 4.74 Å². The van der Waals surface area contributed by atoms with Crippen molar-refractivity contribution in [3.63, 3.8) is 0 Å². The van der Waals surface area contributed by atoms with Crippen molar-refractivity contribution < 1.29 is 9.53 Å². The van der Waals surface area contributed by atoms with Gasteiger partial charge in [0.1, 0.15) is 6.04 Å². The Morgan fingerprint density at radius 1 is 1.50 bits per heavy atom. The van der Waals surface area contributed by atoms with E-state index in [2.05, 4.69) is 23.6 Å². The number of carbonyl (C=O) groups excluding carboxylic acids is 1. The summed E-state index contributed by atoms with van der Waals surface area (Å²) in [5.41, 5.74) is 3.13. The maximum Gasteiger partial charge on any atom is 0.246 e. The third-order valence-electron chi connectivity index (χ3n) is 3.16. The standard InChI is InChI=1S/C14H20N2O2/c1-9-4-5-12-11(6-9)13(14(17)16-12)15-7-10(2)8-18-3/h4-6,10,13,15H,7-8H2,1-3H3,(H,16,17). The number of nitrogens with one attached hydrogen (secondary N) is 2. The van der Waals surface area contributed by atoms with Crippen LogP contribution in [-0.2, 0) is 9.53 Å². The fraction of sp³-hybridized carbons (Fsp3) is 0.500. The topological polar surface area (TPSA) is 50.4 Å². The highest BCUT2D eigenvalue weighted by atomic mass is 16.5. The molecule has 0 bridgehead atoms. The van der Waals surface area contributed by atoms with Crippen LogP contribution < -0.4 is 10.6 Å². The van der Waals surface area contributed by atoms with Crippen LogP contribution in [0.25, 0.3) is 0 Å². The first-order valence-electron chi connectivity index (χ1n) is 6.25. The number of anilines is 1. The van der Waals surface area contributed by atoms with Crippen LogP contribution in [0.2, 0.25) is 0 Å². The first kappa shape index (κ1) is 13.1. The van der Waals surface area contributed by atoms with Gasteiger partial charge in [-0.25, -0.2) is 0 Å². The van der Waals surface area contributed by atoms with Gasteiger partial charge in [0.15, 0.2) is 0 Å². The Hall–Kier alpha value is -1.39. The summed E-state index contributed by atoms with van der Waals surface area (Å²) in [5, 5.41) is 6.21. The molecule has 1 aromatic carbocycles. The van der Waals surface area contributed by atoms with Gasteiger partial charge in [-0.15, -0.1) is 0 Å². The number of rotatable bonds is 5. The largest absolute Gasteiger partial charge is 0.384 e. The molecule has 18 heavy (non-hydrogen) atoms. The highest BCUT2D eigenvalue weighted by Gasteiger charge is 2.30. The van der Waals surface area contributed by atoms with Crippen LogP contribution in [0, 0.1) is 12.8 Å². The molecule has 4 heteroatoms. The molecule has 0 saturated carbocycles. The zero-order valence-electron chi connectivity index (χ0n) is 11.1. The Morgan fingerprint density at radius 3 is 3.00 bits per heavy atom. The summed E-state index contributed by atoms with van der Waals surface area (Å²) < 4.78 is 5.09. The minimum absolute atomic E-state index is 0.0280. The van der Waals surface area contributed by atoms with Crippen LogP contribution in [0.4, 0.5) is 5.69 Å². The van der Waals surface area contributed by atoms with Gasteiger partial charge in [0.25, 0.3) is 0 Å². The van der Waals surface area contributed by atoms with E-state index in [1.165, 1.54) is 5.56 Å². The Kier molecular flexibility index (Phi) is 3.99. The van der Waals surface area contributed by atoms with Gasteiger partial charge in [-0.3, -0.25) is 4.79 Å². The van der Waals surface area contributed by atoms with Crippen LogP contribution in [0.5, 0.6) is 0 Å². The number of benzene rings is 1. The minimum atomic E-state index is -0.237. The summed E-state index contributed by atoms with van der Waals surface area (Å²) in [7, 11) is 1.69. The van der Waals surface area contributed by atoms with Crippen LogP contribution in [-0.4, -0.2) is 26.2 Å². The average molecular weight is 248 g/mol. The SMILES string of the molecule is COCC(C)CNC1C(=O)Nc2ccc(C)cc21. The fourth-order valence-electron chi connectivity index (χ4n) is 2.25. The predicted molar refractivity (Wildman–Crippen MR) is 71.6 cm³/mol. The molecular formula is C14H20N2O2. The predicted octanol–water partition coefficient (Wildman–Crippen LogP) is 1.86. The van der Waals surface area contributed by atoms with Gasteiger partial charge in [-0.2, -0.15) is 0 Å². The maximum absolute atomic E-state index is 11.9. The quantitative estimate of drug-likeness (QED) is 0.836.